The third kappa shape index (κ3) is 8.74. The lowest BCUT2D eigenvalue weighted by Crippen LogP contribution is -2.45. The lowest BCUT2D eigenvalue weighted by Gasteiger charge is -2.28. The van der Waals surface area contributed by atoms with Gasteiger partial charge in [0.05, 0.1) is 37.1 Å². The van der Waals surface area contributed by atoms with E-state index in [0.29, 0.717) is 35.1 Å². The molecule has 3 aromatic rings. The number of esters is 1. The number of carbonyl (C=O) groups excluding carboxylic acids is 2. The zero-order chi connectivity index (χ0) is 32.3. The predicted molar refractivity (Wildman–Crippen MR) is 163 cm³/mol. The second-order valence-electron chi connectivity index (χ2n) is 9.77. The number of rotatable bonds is 14. The molecule has 4 rings (SSSR count). The minimum Gasteiger partial charge on any atom is -0.490 e. The fourth-order valence-electron chi connectivity index (χ4n) is 4.38. The number of hydrazone groups is 1. The highest BCUT2D eigenvalue weighted by Gasteiger charge is 2.32. The van der Waals surface area contributed by atoms with Crippen LogP contribution in [0.2, 0.25) is 0 Å². The van der Waals surface area contributed by atoms with Gasteiger partial charge in [0, 0.05) is 5.70 Å². The van der Waals surface area contributed by atoms with Gasteiger partial charge in [-0.3, -0.25) is 5.43 Å². The van der Waals surface area contributed by atoms with E-state index < -0.39 is 30.2 Å². The summed E-state index contributed by atoms with van der Waals surface area (Å²) in [5.74, 6) is -0.224. The fourth-order valence-corrected chi connectivity index (χ4v) is 4.38. The van der Waals surface area contributed by atoms with E-state index in [1.54, 1.807) is 68.4 Å². The molecule has 0 unspecified atom stereocenters. The van der Waals surface area contributed by atoms with Crippen molar-refractivity contribution in [1.82, 2.24) is 16.1 Å². The maximum atomic E-state index is 12.4. The molecule has 0 fully saturated rings. The van der Waals surface area contributed by atoms with Gasteiger partial charge in [-0.05, 0) is 79.1 Å². The molecule has 1 heterocycles. The molecule has 3 aromatic carbocycles. The van der Waals surface area contributed by atoms with Crippen LogP contribution >= 0.6 is 0 Å². The summed E-state index contributed by atoms with van der Waals surface area (Å²) in [5.41, 5.74) is 5.63. The smallest absolute Gasteiger partial charge is 0.337 e. The Balaban J connectivity index is 1.30. The van der Waals surface area contributed by atoms with E-state index >= 15 is 0 Å². The van der Waals surface area contributed by atoms with Crippen LogP contribution in [-0.2, 0) is 16.1 Å². The van der Waals surface area contributed by atoms with E-state index in [4.69, 9.17) is 24.1 Å². The number of allylic oxidation sites excluding steroid dienone is 1. The van der Waals surface area contributed by atoms with Crippen LogP contribution in [-0.4, -0.2) is 60.9 Å². The van der Waals surface area contributed by atoms with Gasteiger partial charge < -0.3 is 39.8 Å². The highest BCUT2D eigenvalue weighted by atomic mass is 16.5. The largest absolute Gasteiger partial charge is 0.490 e. The number of carbonyl (C=O) groups is 3. The molecule has 0 bridgehead atoms. The highest BCUT2D eigenvalue weighted by Crippen LogP contribution is 2.35. The molecule has 1 aliphatic heterocycles. The first-order valence-corrected chi connectivity index (χ1v) is 14.0. The Morgan fingerprint density at radius 1 is 1.02 bits per heavy atom. The monoisotopic (exact) mass is 618 g/mol. The third-order valence-electron chi connectivity index (χ3n) is 6.60. The standard InChI is InChI=1S/C32H34N4O9/c1-4-43-26-15-23(29-28(31(40)42-3)19(2)34-32(41)35-29)11-14-25(26)45-18-27(37)36-33-16-20-7-12-24(13-8-20)44-17-21-5-9-22(10-6-21)30(38)39/h5-16,27,29,36-37H,4,17-18H2,1-3H3,(H,38,39)(H2,34,35,41)/b33-16-/t27-,29-/m1/s1. The van der Waals surface area contributed by atoms with Crippen LogP contribution in [0.5, 0.6) is 17.2 Å². The van der Waals surface area contributed by atoms with Crippen LogP contribution in [0.25, 0.3) is 0 Å². The van der Waals surface area contributed by atoms with Gasteiger partial charge in [0.15, 0.2) is 17.7 Å². The van der Waals surface area contributed by atoms with Crippen LogP contribution in [0.4, 0.5) is 4.79 Å². The first-order valence-electron chi connectivity index (χ1n) is 14.0. The van der Waals surface area contributed by atoms with Gasteiger partial charge in [-0.1, -0.05) is 18.2 Å². The van der Waals surface area contributed by atoms with Gasteiger partial charge in [0.1, 0.15) is 19.0 Å². The average Bonchev–Trinajstić information content (AvgIpc) is 3.03. The Morgan fingerprint density at radius 3 is 2.42 bits per heavy atom. The van der Waals surface area contributed by atoms with Gasteiger partial charge >= 0.3 is 18.0 Å². The Labute approximate surface area is 259 Å². The summed E-state index contributed by atoms with van der Waals surface area (Å²) >= 11 is 0. The number of aromatic carboxylic acids is 1. The van der Waals surface area contributed by atoms with E-state index in [1.165, 1.54) is 25.5 Å². The fraction of sp³-hybridized carbons (Fsp3) is 0.250. The number of urea groups is 1. The predicted octanol–water partition coefficient (Wildman–Crippen LogP) is 3.48. The van der Waals surface area contributed by atoms with E-state index in [2.05, 4.69) is 21.2 Å². The van der Waals surface area contributed by atoms with Gasteiger partial charge in [0.2, 0.25) is 0 Å². The zero-order valence-corrected chi connectivity index (χ0v) is 24.9. The lowest BCUT2D eigenvalue weighted by molar-refractivity contribution is -0.136. The van der Waals surface area contributed by atoms with Crippen molar-refractivity contribution in [2.45, 2.75) is 32.7 Å². The molecule has 1 aliphatic rings. The third-order valence-corrected chi connectivity index (χ3v) is 6.60. The summed E-state index contributed by atoms with van der Waals surface area (Å²) in [7, 11) is 1.27. The van der Waals surface area contributed by atoms with Crippen molar-refractivity contribution >= 4 is 24.2 Å². The van der Waals surface area contributed by atoms with Crippen molar-refractivity contribution in [3.8, 4) is 17.2 Å². The van der Waals surface area contributed by atoms with Gasteiger partial charge in [-0.25, -0.2) is 14.4 Å². The summed E-state index contributed by atoms with van der Waals surface area (Å²) in [5, 5.41) is 28.7. The van der Waals surface area contributed by atoms with Crippen LogP contribution in [0.15, 0.2) is 83.1 Å². The average molecular weight is 619 g/mol. The summed E-state index contributed by atoms with van der Waals surface area (Å²) in [6.07, 6.45) is 0.380. The Bertz CT molecular complexity index is 1570. The van der Waals surface area contributed by atoms with E-state index in [-0.39, 0.29) is 24.4 Å². The SMILES string of the molecule is CCOc1cc([C@H]2NC(=O)NC(C)=C2C(=O)OC)ccc1OC[C@@H](O)N/N=C\c1ccc(OCc2ccc(C(=O)O)cc2)cc1. The van der Waals surface area contributed by atoms with Crippen LogP contribution in [0.3, 0.4) is 0 Å². The van der Waals surface area contributed by atoms with Crippen LogP contribution < -0.4 is 30.3 Å². The number of ether oxygens (including phenoxy) is 4. The number of aliphatic hydroxyl groups excluding tert-OH is 1. The second-order valence-corrected chi connectivity index (χ2v) is 9.77. The molecule has 0 aromatic heterocycles. The van der Waals surface area contributed by atoms with Crippen LogP contribution in [0.1, 0.15) is 46.9 Å². The number of nitrogens with one attached hydrogen (secondary N) is 3. The molecule has 0 radical (unpaired) electrons. The molecule has 0 saturated heterocycles. The normalized spacial score (nSPS) is 15.1. The Kier molecular flexibility index (Phi) is 11.0. The van der Waals surface area contributed by atoms with E-state index in [1.807, 2.05) is 0 Å². The summed E-state index contributed by atoms with van der Waals surface area (Å²) in [6, 6.07) is 17.3. The molecule has 5 N–H and O–H groups in total. The zero-order valence-electron chi connectivity index (χ0n) is 24.9. The topological polar surface area (TPSA) is 177 Å². The lowest BCUT2D eigenvalue weighted by atomic mass is 9.95. The molecule has 45 heavy (non-hydrogen) atoms. The number of hydrogen-bond acceptors (Lipinski definition) is 10. The molecule has 2 amide bonds. The van der Waals surface area contributed by atoms with Crippen molar-refractivity contribution in [3.05, 3.63) is 100 Å². The van der Waals surface area contributed by atoms with E-state index in [0.717, 1.165) is 11.1 Å². The first-order chi connectivity index (χ1) is 21.7. The Hall–Kier alpha value is -5.56. The number of methoxy groups -OCH3 is 1. The molecule has 13 nitrogen and oxygen atoms in total. The number of carboxylic acids is 1. The Morgan fingerprint density at radius 2 is 1.76 bits per heavy atom. The number of hydrogen-bond donors (Lipinski definition) is 5. The summed E-state index contributed by atoms with van der Waals surface area (Å²) < 4.78 is 22.2. The van der Waals surface area contributed by atoms with Crippen molar-refractivity contribution in [1.29, 1.82) is 0 Å². The minimum atomic E-state index is -1.15. The molecule has 2 atom stereocenters. The first kappa shape index (κ1) is 32.4. The molecule has 0 spiro atoms. The quantitative estimate of drug-likeness (QED) is 0.0778. The number of amides is 2. The van der Waals surface area contributed by atoms with Gasteiger partial charge in [-0.15, -0.1) is 0 Å². The maximum absolute atomic E-state index is 12.4. The molecule has 236 valence electrons. The van der Waals surface area contributed by atoms with Crippen LogP contribution in [0, 0.1) is 0 Å². The summed E-state index contributed by atoms with van der Waals surface area (Å²) in [4.78, 5) is 35.5. The summed E-state index contributed by atoms with van der Waals surface area (Å²) in [6.45, 7) is 3.88. The number of carboxylic acid groups (broad SMARTS) is 1. The highest BCUT2D eigenvalue weighted by molar-refractivity contribution is 5.95. The van der Waals surface area contributed by atoms with Crippen molar-refractivity contribution in [3.63, 3.8) is 0 Å². The van der Waals surface area contributed by atoms with Crippen molar-refractivity contribution < 1.29 is 43.5 Å². The maximum Gasteiger partial charge on any atom is 0.337 e. The van der Waals surface area contributed by atoms with Crippen molar-refractivity contribution in [2.24, 2.45) is 5.10 Å². The van der Waals surface area contributed by atoms with Gasteiger partial charge in [-0.2, -0.15) is 5.10 Å². The molecule has 0 aliphatic carbocycles. The second kappa shape index (κ2) is 15.3. The van der Waals surface area contributed by atoms with E-state index in [9.17, 15) is 19.5 Å². The molecule has 13 heteroatoms. The number of nitrogens with zero attached hydrogens (tertiary/aromatic N) is 1. The van der Waals surface area contributed by atoms with Gasteiger partial charge in [0.25, 0.3) is 0 Å². The molecule has 0 saturated carbocycles. The molecular formula is C32H34N4O9. The van der Waals surface area contributed by atoms with Crippen molar-refractivity contribution in [2.75, 3.05) is 20.3 Å². The number of aliphatic hydroxyl groups is 1. The molecular weight excluding hydrogens is 584 g/mol. The minimum absolute atomic E-state index is 0.159. The number of benzene rings is 3.